The molecular weight excluding hydrogens is 434 g/mol. The van der Waals surface area contributed by atoms with Gasteiger partial charge in [-0.25, -0.2) is 0 Å². The number of rotatable bonds is 7. The number of anilines is 1. The molecule has 0 N–H and O–H groups in total. The first kappa shape index (κ1) is 20.4. The summed E-state index contributed by atoms with van der Waals surface area (Å²) >= 11 is 3.51. The molecule has 0 aromatic heterocycles. The van der Waals surface area contributed by atoms with E-state index in [4.69, 9.17) is 14.2 Å². The van der Waals surface area contributed by atoms with Crippen LogP contribution in [0.1, 0.15) is 43.7 Å². The Morgan fingerprint density at radius 2 is 1.93 bits per heavy atom. The zero-order chi connectivity index (χ0) is 20.3. The second-order valence-corrected chi connectivity index (χ2v) is 8.30. The van der Waals surface area contributed by atoms with Crippen LogP contribution < -0.4 is 9.64 Å². The highest BCUT2D eigenvalue weighted by Crippen LogP contribution is 2.47. The molecule has 2 aliphatic heterocycles. The van der Waals surface area contributed by atoms with Crippen LogP contribution in [0.25, 0.3) is 0 Å². The summed E-state index contributed by atoms with van der Waals surface area (Å²) in [5, 5.41) is 0. The number of nitrogens with zero attached hydrogens (tertiary/aromatic N) is 1. The standard InChI is InChI=1S/C23H26BrNO4/c1-2-3-6-12-27-21-9-5-4-8-17(21)16-25-20-11-10-18(24)15-19(20)23(22(25)26)28-13-7-14-29-23/h4-5,8-11,15H,2-3,6-7,12-14,16H2,1H3. The number of fused-ring (bicyclic) bond motifs is 2. The van der Waals surface area contributed by atoms with E-state index in [9.17, 15) is 4.79 Å². The number of halogens is 1. The Balaban J connectivity index is 1.62. The minimum Gasteiger partial charge on any atom is -0.493 e. The molecule has 1 saturated heterocycles. The molecule has 29 heavy (non-hydrogen) atoms. The Labute approximate surface area is 180 Å². The Morgan fingerprint density at radius 1 is 1.14 bits per heavy atom. The fraction of sp³-hybridized carbons (Fsp3) is 0.435. The summed E-state index contributed by atoms with van der Waals surface area (Å²) in [5.41, 5.74) is 2.55. The van der Waals surface area contributed by atoms with Gasteiger partial charge in [0.25, 0.3) is 11.7 Å². The van der Waals surface area contributed by atoms with E-state index in [-0.39, 0.29) is 5.91 Å². The predicted molar refractivity (Wildman–Crippen MR) is 115 cm³/mol. The number of ether oxygens (including phenoxy) is 3. The lowest BCUT2D eigenvalue weighted by molar-refractivity contribution is -0.256. The molecule has 4 rings (SSSR count). The van der Waals surface area contributed by atoms with Gasteiger partial charge >= 0.3 is 0 Å². The summed E-state index contributed by atoms with van der Waals surface area (Å²) in [6.07, 6.45) is 4.11. The first-order valence-electron chi connectivity index (χ1n) is 10.3. The fourth-order valence-corrected chi connectivity index (χ4v) is 4.22. The number of hydrogen-bond donors (Lipinski definition) is 0. The van der Waals surface area contributed by atoms with Crippen LogP contribution in [0.5, 0.6) is 5.75 Å². The van der Waals surface area contributed by atoms with Crippen molar-refractivity contribution in [1.29, 1.82) is 0 Å². The van der Waals surface area contributed by atoms with Gasteiger partial charge in [0.15, 0.2) is 0 Å². The molecule has 2 aromatic rings. The number of carbonyl (C=O) groups excluding carboxylic acids is 1. The Bertz CT molecular complexity index is 879. The van der Waals surface area contributed by atoms with E-state index < -0.39 is 5.79 Å². The van der Waals surface area contributed by atoms with Gasteiger partial charge < -0.3 is 19.1 Å². The lowest BCUT2D eigenvalue weighted by Gasteiger charge is -2.32. The number of benzene rings is 2. The molecule has 0 saturated carbocycles. The van der Waals surface area contributed by atoms with Crippen LogP contribution in [0.15, 0.2) is 46.9 Å². The van der Waals surface area contributed by atoms with Crippen molar-refractivity contribution in [3.05, 3.63) is 58.1 Å². The highest BCUT2D eigenvalue weighted by Gasteiger charge is 2.55. The van der Waals surface area contributed by atoms with Crippen LogP contribution in [0, 0.1) is 0 Å². The molecule has 0 bridgehead atoms. The average Bonchev–Trinajstić information content (AvgIpc) is 2.95. The number of amides is 1. The van der Waals surface area contributed by atoms with Gasteiger partial charge in [-0.05, 0) is 37.1 Å². The number of unbranched alkanes of at least 4 members (excludes halogenated alkanes) is 2. The van der Waals surface area contributed by atoms with Crippen LogP contribution in [-0.2, 0) is 26.6 Å². The van der Waals surface area contributed by atoms with Crippen LogP contribution in [0.3, 0.4) is 0 Å². The van der Waals surface area contributed by atoms with E-state index in [1.165, 1.54) is 0 Å². The maximum absolute atomic E-state index is 13.5. The zero-order valence-corrected chi connectivity index (χ0v) is 18.2. The van der Waals surface area contributed by atoms with Crippen LogP contribution in [0.4, 0.5) is 5.69 Å². The summed E-state index contributed by atoms with van der Waals surface area (Å²) in [4.78, 5) is 15.2. The smallest absolute Gasteiger partial charge is 0.292 e. The van der Waals surface area contributed by atoms with Crippen molar-refractivity contribution in [3.8, 4) is 5.75 Å². The van der Waals surface area contributed by atoms with Gasteiger partial charge in [0.2, 0.25) is 0 Å². The fourth-order valence-electron chi connectivity index (χ4n) is 3.86. The maximum atomic E-state index is 13.5. The number of carbonyl (C=O) groups is 1. The molecule has 2 heterocycles. The Hall–Kier alpha value is -1.89. The molecule has 5 nitrogen and oxygen atoms in total. The van der Waals surface area contributed by atoms with E-state index in [1.807, 2.05) is 42.5 Å². The Kier molecular flexibility index (Phi) is 6.23. The molecule has 2 aromatic carbocycles. The van der Waals surface area contributed by atoms with Crippen molar-refractivity contribution in [2.24, 2.45) is 0 Å². The Morgan fingerprint density at radius 3 is 2.72 bits per heavy atom. The zero-order valence-electron chi connectivity index (χ0n) is 16.7. The number of hydrogen-bond acceptors (Lipinski definition) is 4. The molecule has 1 amide bonds. The second kappa shape index (κ2) is 8.86. The van der Waals surface area contributed by atoms with E-state index in [2.05, 4.69) is 22.9 Å². The summed E-state index contributed by atoms with van der Waals surface area (Å²) in [6.45, 7) is 4.27. The normalized spacial score (nSPS) is 17.6. The van der Waals surface area contributed by atoms with Crippen molar-refractivity contribution in [2.75, 3.05) is 24.7 Å². The molecule has 6 heteroatoms. The van der Waals surface area contributed by atoms with Crippen LogP contribution >= 0.6 is 15.9 Å². The summed E-state index contributed by atoms with van der Waals surface area (Å²) in [5.74, 6) is -0.693. The third kappa shape index (κ3) is 3.93. The molecule has 0 radical (unpaired) electrons. The summed E-state index contributed by atoms with van der Waals surface area (Å²) in [6, 6.07) is 13.7. The quantitative estimate of drug-likeness (QED) is 0.536. The van der Waals surface area contributed by atoms with Crippen molar-refractivity contribution in [2.45, 2.75) is 44.9 Å². The van der Waals surface area contributed by atoms with Crippen LogP contribution in [0.2, 0.25) is 0 Å². The van der Waals surface area contributed by atoms with E-state index in [0.29, 0.717) is 26.4 Å². The maximum Gasteiger partial charge on any atom is 0.292 e. The van der Waals surface area contributed by atoms with E-state index >= 15 is 0 Å². The van der Waals surface area contributed by atoms with Gasteiger partial charge in [0.05, 0.1) is 32.1 Å². The minimum atomic E-state index is -1.34. The first-order chi connectivity index (χ1) is 14.2. The van der Waals surface area contributed by atoms with Gasteiger partial charge in [0.1, 0.15) is 5.75 Å². The average molecular weight is 460 g/mol. The predicted octanol–water partition coefficient (Wildman–Crippen LogP) is 5.15. The van der Waals surface area contributed by atoms with Crippen LogP contribution in [-0.4, -0.2) is 25.7 Å². The van der Waals surface area contributed by atoms with Gasteiger partial charge in [0, 0.05) is 15.6 Å². The van der Waals surface area contributed by atoms with E-state index in [1.54, 1.807) is 4.90 Å². The minimum absolute atomic E-state index is 0.175. The highest BCUT2D eigenvalue weighted by atomic mass is 79.9. The monoisotopic (exact) mass is 459 g/mol. The molecular formula is C23H26BrNO4. The SMILES string of the molecule is CCCCCOc1ccccc1CN1C(=O)C2(OCCCO2)c2cc(Br)ccc21. The topological polar surface area (TPSA) is 48.0 Å². The molecule has 0 atom stereocenters. The second-order valence-electron chi connectivity index (χ2n) is 7.38. The van der Waals surface area contributed by atoms with Gasteiger partial charge in [-0.2, -0.15) is 0 Å². The summed E-state index contributed by atoms with van der Waals surface area (Å²) < 4.78 is 18.8. The largest absolute Gasteiger partial charge is 0.493 e. The molecule has 1 fully saturated rings. The van der Waals surface area contributed by atoms with Gasteiger partial charge in [-0.3, -0.25) is 4.79 Å². The number of para-hydroxylation sites is 1. The highest BCUT2D eigenvalue weighted by molar-refractivity contribution is 9.10. The third-order valence-corrected chi connectivity index (χ3v) is 5.83. The van der Waals surface area contributed by atoms with E-state index in [0.717, 1.165) is 52.7 Å². The molecule has 154 valence electrons. The van der Waals surface area contributed by atoms with Crippen molar-refractivity contribution < 1.29 is 19.0 Å². The molecule has 0 aliphatic carbocycles. The first-order valence-corrected chi connectivity index (χ1v) is 11.1. The third-order valence-electron chi connectivity index (χ3n) is 5.34. The molecule has 2 aliphatic rings. The summed E-state index contributed by atoms with van der Waals surface area (Å²) in [7, 11) is 0. The van der Waals surface area contributed by atoms with Crippen molar-refractivity contribution in [3.63, 3.8) is 0 Å². The lowest BCUT2D eigenvalue weighted by atomic mass is 10.1. The molecule has 0 unspecified atom stereocenters. The molecule has 1 spiro atoms. The van der Waals surface area contributed by atoms with Crippen molar-refractivity contribution >= 4 is 27.5 Å². The van der Waals surface area contributed by atoms with Crippen molar-refractivity contribution in [1.82, 2.24) is 0 Å². The lowest BCUT2D eigenvalue weighted by Crippen LogP contribution is -2.47. The van der Waals surface area contributed by atoms with Gasteiger partial charge in [-0.1, -0.05) is 53.9 Å². The van der Waals surface area contributed by atoms with Gasteiger partial charge in [-0.15, -0.1) is 0 Å².